The van der Waals surface area contributed by atoms with E-state index in [2.05, 4.69) is 35.3 Å². The number of ketones is 1. The molecule has 0 unspecified atom stereocenters. The number of allylic oxidation sites excluding steroid dienone is 1. The van der Waals surface area contributed by atoms with Crippen LogP contribution in [0.15, 0.2) is 60.8 Å². The van der Waals surface area contributed by atoms with Gasteiger partial charge in [0, 0.05) is 30.1 Å². The van der Waals surface area contributed by atoms with Crippen LogP contribution in [0.2, 0.25) is 0 Å². The largest absolute Gasteiger partial charge is 0.494 e. The molecule has 0 radical (unpaired) electrons. The number of nitrogens with one attached hydrogen (secondary N) is 1. The molecule has 1 fully saturated rings. The van der Waals surface area contributed by atoms with Gasteiger partial charge in [0.25, 0.3) is 0 Å². The van der Waals surface area contributed by atoms with Gasteiger partial charge in [-0.15, -0.1) is 0 Å². The second-order valence-corrected chi connectivity index (χ2v) is 7.25. The molecule has 2 aromatic rings. The molecular weight excluding hydrogens is 348 g/mol. The third-order valence-electron chi connectivity index (χ3n) is 4.92. The van der Waals surface area contributed by atoms with Crippen molar-refractivity contribution in [2.45, 2.75) is 39.2 Å². The molecule has 1 N–H and O–H groups in total. The molecule has 2 aromatic carbocycles. The number of unbranched alkanes of at least 4 members (excludes halogenated alkanes) is 1. The highest BCUT2D eigenvalue weighted by molar-refractivity contribution is 6.04. The first-order chi connectivity index (χ1) is 13.7. The summed E-state index contributed by atoms with van der Waals surface area (Å²) in [6.07, 6.45) is 8.02. The Hall–Kier alpha value is -2.59. The maximum atomic E-state index is 12.3. The molecule has 3 rings (SSSR count). The number of hydrogen-bond donors (Lipinski definition) is 1. The Morgan fingerprint density at radius 3 is 2.68 bits per heavy atom. The molecule has 1 aliphatic rings. The molecule has 148 valence electrons. The van der Waals surface area contributed by atoms with Gasteiger partial charge >= 0.3 is 0 Å². The van der Waals surface area contributed by atoms with E-state index in [1.54, 1.807) is 12.3 Å². The smallest absolute Gasteiger partial charge is 0.187 e. The lowest BCUT2D eigenvalue weighted by Gasteiger charge is -2.15. The Labute approximate surface area is 168 Å². The third-order valence-corrected chi connectivity index (χ3v) is 4.92. The Bertz CT molecular complexity index is 777. The zero-order valence-corrected chi connectivity index (χ0v) is 16.7. The van der Waals surface area contributed by atoms with Gasteiger partial charge in [0.2, 0.25) is 0 Å². The van der Waals surface area contributed by atoms with Crippen LogP contribution in [0.1, 0.15) is 48.5 Å². The number of anilines is 1. The number of benzene rings is 2. The van der Waals surface area contributed by atoms with E-state index in [-0.39, 0.29) is 5.78 Å². The summed E-state index contributed by atoms with van der Waals surface area (Å²) in [6.45, 7) is 6.22. The predicted octanol–water partition coefficient (Wildman–Crippen LogP) is 5.27. The average Bonchev–Trinajstić information content (AvgIpc) is 3.22. The Balaban J connectivity index is 1.50. The number of rotatable bonds is 10. The van der Waals surface area contributed by atoms with Gasteiger partial charge in [0.15, 0.2) is 5.78 Å². The van der Waals surface area contributed by atoms with Crippen LogP contribution in [0.4, 0.5) is 5.69 Å². The highest BCUT2D eigenvalue weighted by atomic mass is 16.5. The summed E-state index contributed by atoms with van der Waals surface area (Å²) >= 11 is 0. The molecule has 4 nitrogen and oxygen atoms in total. The van der Waals surface area contributed by atoms with E-state index in [0.717, 1.165) is 30.8 Å². The van der Waals surface area contributed by atoms with Crippen molar-refractivity contribution in [3.05, 3.63) is 71.9 Å². The summed E-state index contributed by atoms with van der Waals surface area (Å²) in [5.41, 5.74) is 2.95. The lowest BCUT2D eigenvalue weighted by molar-refractivity contribution is 0.104. The van der Waals surface area contributed by atoms with Crippen LogP contribution >= 0.6 is 0 Å². The van der Waals surface area contributed by atoms with Crippen LogP contribution in [0.3, 0.4) is 0 Å². The van der Waals surface area contributed by atoms with Crippen molar-refractivity contribution >= 4 is 11.5 Å². The summed E-state index contributed by atoms with van der Waals surface area (Å²) in [6, 6.07) is 15.7. The first-order valence-corrected chi connectivity index (χ1v) is 10.3. The van der Waals surface area contributed by atoms with E-state index in [4.69, 9.17) is 4.74 Å². The Morgan fingerprint density at radius 2 is 1.93 bits per heavy atom. The molecule has 1 aliphatic heterocycles. The predicted molar refractivity (Wildman–Crippen MR) is 115 cm³/mol. The van der Waals surface area contributed by atoms with Gasteiger partial charge in [-0.05, 0) is 74.3 Å². The minimum absolute atomic E-state index is 0.0270. The van der Waals surface area contributed by atoms with Crippen molar-refractivity contribution in [2.24, 2.45) is 0 Å². The maximum Gasteiger partial charge on any atom is 0.187 e. The van der Waals surface area contributed by atoms with E-state index in [0.29, 0.717) is 12.2 Å². The van der Waals surface area contributed by atoms with Crippen molar-refractivity contribution in [1.29, 1.82) is 0 Å². The SMILES string of the molecule is CCCCOc1ccc(C(=O)/C=C/Nc2cccc(CN3CCCC3)c2)cc1. The number of likely N-dealkylation sites (tertiary alicyclic amines) is 1. The minimum Gasteiger partial charge on any atom is -0.494 e. The molecule has 0 aromatic heterocycles. The second-order valence-electron chi connectivity index (χ2n) is 7.25. The van der Waals surface area contributed by atoms with E-state index >= 15 is 0 Å². The fourth-order valence-corrected chi connectivity index (χ4v) is 3.32. The quantitative estimate of drug-likeness (QED) is 0.347. The first-order valence-electron chi connectivity index (χ1n) is 10.3. The lowest BCUT2D eigenvalue weighted by Crippen LogP contribution is -2.18. The summed E-state index contributed by atoms with van der Waals surface area (Å²) in [4.78, 5) is 14.8. The van der Waals surface area contributed by atoms with Crippen molar-refractivity contribution in [3.63, 3.8) is 0 Å². The molecule has 0 atom stereocenters. The van der Waals surface area contributed by atoms with Gasteiger partial charge < -0.3 is 10.1 Å². The number of hydrogen-bond acceptors (Lipinski definition) is 4. The van der Waals surface area contributed by atoms with Crippen molar-refractivity contribution < 1.29 is 9.53 Å². The molecule has 4 heteroatoms. The molecule has 1 saturated heterocycles. The topological polar surface area (TPSA) is 41.6 Å². The lowest BCUT2D eigenvalue weighted by atomic mass is 10.1. The van der Waals surface area contributed by atoms with Crippen LogP contribution in [-0.4, -0.2) is 30.4 Å². The molecular formula is C24H30N2O2. The van der Waals surface area contributed by atoms with E-state index in [1.807, 2.05) is 30.3 Å². The molecule has 1 heterocycles. The molecule has 0 bridgehead atoms. The number of carbonyl (C=O) groups excluding carboxylic acids is 1. The van der Waals surface area contributed by atoms with Crippen molar-refractivity contribution in [3.8, 4) is 5.75 Å². The molecule has 0 saturated carbocycles. The summed E-state index contributed by atoms with van der Waals surface area (Å²) < 4.78 is 5.63. The number of nitrogens with zero attached hydrogens (tertiary/aromatic N) is 1. The van der Waals surface area contributed by atoms with Crippen molar-refractivity contribution in [1.82, 2.24) is 4.90 Å². The molecule has 0 amide bonds. The average molecular weight is 379 g/mol. The van der Waals surface area contributed by atoms with Gasteiger partial charge in [0.05, 0.1) is 6.61 Å². The Morgan fingerprint density at radius 1 is 1.14 bits per heavy atom. The molecule has 0 aliphatic carbocycles. The fourth-order valence-electron chi connectivity index (χ4n) is 3.32. The summed E-state index contributed by atoms with van der Waals surface area (Å²) in [5.74, 6) is 0.780. The van der Waals surface area contributed by atoms with Crippen LogP contribution < -0.4 is 10.1 Å². The number of ether oxygens (including phenoxy) is 1. The first kappa shape index (κ1) is 20.2. The fraction of sp³-hybridized carbons (Fsp3) is 0.375. The highest BCUT2D eigenvalue weighted by Crippen LogP contribution is 2.17. The second kappa shape index (κ2) is 10.7. The van der Waals surface area contributed by atoms with Gasteiger partial charge in [-0.2, -0.15) is 0 Å². The van der Waals surface area contributed by atoms with Crippen LogP contribution in [0.25, 0.3) is 0 Å². The van der Waals surface area contributed by atoms with Gasteiger partial charge in [-0.25, -0.2) is 0 Å². The van der Waals surface area contributed by atoms with Crippen LogP contribution in [0.5, 0.6) is 5.75 Å². The standard InChI is InChI=1S/C24H30N2O2/c1-2-3-17-28-23-11-9-21(10-12-23)24(27)13-14-25-22-8-6-7-20(18-22)19-26-15-4-5-16-26/h6-14,18,25H,2-5,15-17,19H2,1H3/b14-13+. The third kappa shape index (κ3) is 6.24. The zero-order valence-electron chi connectivity index (χ0n) is 16.7. The number of carbonyl (C=O) groups is 1. The van der Waals surface area contributed by atoms with E-state index in [1.165, 1.54) is 31.5 Å². The maximum absolute atomic E-state index is 12.3. The summed E-state index contributed by atoms with van der Waals surface area (Å²) in [7, 11) is 0. The molecule has 28 heavy (non-hydrogen) atoms. The normalized spacial score (nSPS) is 14.5. The monoisotopic (exact) mass is 378 g/mol. The van der Waals surface area contributed by atoms with E-state index in [9.17, 15) is 4.79 Å². The van der Waals surface area contributed by atoms with Gasteiger partial charge in [-0.3, -0.25) is 9.69 Å². The highest BCUT2D eigenvalue weighted by Gasteiger charge is 2.11. The van der Waals surface area contributed by atoms with Crippen LogP contribution in [-0.2, 0) is 6.54 Å². The zero-order chi connectivity index (χ0) is 19.6. The molecule has 0 spiro atoms. The van der Waals surface area contributed by atoms with Gasteiger partial charge in [0.1, 0.15) is 5.75 Å². The Kier molecular flexibility index (Phi) is 7.68. The van der Waals surface area contributed by atoms with Crippen molar-refractivity contribution in [2.75, 3.05) is 25.0 Å². The summed E-state index contributed by atoms with van der Waals surface area (Å²) in [5, 5.41) is 3.21. The minimum atomic E-state index is -0.0270. The van der Waals surface area contributed by atoms with Crippen LogP contribution in [0, 0.1) is 0 Å². The van der Waals surface area contributed by atoms with E-state index < -0.39 is 0 Å². The van der Waals surface area contributed by atoms with Gasteiger partial charge in [-0.1, -0.05) is 25.5 Å².